The Kier molecular flexibility index (Phi) is 3.21. The van der Waals surface area contributed by atoms with Crippen molar-refractivity contribution in [1.29, 1.82) is 0 Å². The molecule has 1 aliphatic rings. The number of hydrogen-bond acceptors (Lipinski definition) is 3. The summed E-state index contributed by atoms with van der Waals surface area (Å²) in [5.41, 5.74) is 3.82. The van der Waals surface area contributed by atoms with E-state index in [9.17, 15) is 9.59 Å². The minimum absolute atomic E-state index is 0.0341. The van der Waals surface area contributed by atoms with E-state index in [1.165, 1.54) is 4.68 Å². The van der Waals surface area contributed by atoms with Crippen LogP contribution in [0.2, 0.25) is 0 Å². The SMILES string of the molecule is O=C1c2ccccc2-c2nn(C(=O)c3cccc(Br)c3)c3cccc1c23. The highest BCUT2D eigenvalue weighted by molar-refractivity contribution is 9.10. The van der Waals surface area contributed by atoms with Crippen LogP contribution in [0.3, 0.4) is 0 Å². The zero-order chi connectivity index (χ0) is 17.8. The maximum Gasteiger partial charge on any atom is 0.278 e. The van der Waals surface area contributed by atoms with E-state index in [-0.39, 0.29) is 11.7 Å². The number of aromatic nitrogens is 2. The fourth-order valence-electron chi connectivity index (χ4n) is 3.48. The normalized spacial score (nSPS) is 12.3. The highest BCUT2D eigenvalue weighted by Gasteiger charge is 2.29. The maximum absolute atomic E-state index is 13.1. The second-order valence-electron chi connectivity index (χ2n) is 6.15. The fraction of sp³-hybridized carbons (Fsp3) is 0. The van der Waals surface area contributed by atoms with Crippen molar-refractivity contribution in [2.24, 2.45) is 0 Å². The molecule has 4 aromatic rings. The quantitative estimate of drug-likeness (QED) is 0.408. The second kappa shape index (κ2) is 5.47. The highest BCUT2D eigenvalue weighted by Crippen LogP contribution is 2.38. The van der Waals surface area contributed by atoms with Crippen molar-refractivity contribution in [2.45, 2.75) is 0 Å². The number of halogens is 1. The Morgan fingerprint density at radius 2 is 1.62 bits per heavy atom. The number of rotatable bonds is 1. The summed E-state index contributed by atoms with van der Waals surface area (Å²) in [4.78, 5) is 25.9. The zero-order valence-electron chi connectivity index (χ0n) is 13.4. The molecule has 0 N–H and O–H groups in total. The van der Waals surface area contributed by atoms with Gasteiger partial charge in [0.2, 0.25) is 0 Å². The fourth-order valence-corrected chi connectivity index (χ4v) is 3.88. The molecule has 0 aliphatic heterocycles. The van der Waals surface area contributed by atoms with Gasteiger partial charge in [-0.2, -0.15) is 9.78 Å². The summed E-state index contributed by atoms with van der Waals surface area (Å²) in [7, 11) is 0. The summed E-state index contributed by atoms with van der Waals surface area (Å²) < 4.78 is 2.22. The largest absolute Gasteiger partial charge is 0.289 e. The predicted molar refractivity (Wildman–Crippen MR) is 102 cm³/mol. The van der Waals surface area contributed by atoms with Crippen LogP contribution in [0.1, 0.15) is 26.3 Å². The Morgan fingerprint density at radius 1 is 0.885 bits per heavy atom. The standard InChI is InChI=1S/C21H11BrN2O2/c22-13-6-3-5-12(11-13)21(26)24-17-10-4-9-16-18(17)19(23-24)14-7-1-2-8-15(14)20(16)25/h1-11H. The lowest BCUT2D eigenvalue weighted by molar-refractivity contribution is 0.0950. The minimum Gasteiger partial charge on any atom is -0.289 e. The van der Waals surface area contributed by atoms with Crippen molar-refractivity contribution in [3.8, 4) is 11.3 Å². The molecule has 0 atom stereocenters. The molecule has 1 aliphatic carbocycles. The van der Waals surface area contributed by atoms with Gasteiger partial charge in [0.1, 0.15) is 5.69 Å². The molecule has 0 radical (unpaired) electrons. The van der Waals surface area contributed by atoms with Crippen molar-refractivity contribution < 1.29 is 9.59 Å². The van der Waals surface area contributed by atoms with Gasteiger partial charge in [-0.25, -0.2) is 0 Å². The molecule has 0 saturated heterocycles. The van der Waals surface area contributed by atoms with Gasteiger partial charge < -0.3 is 0 Å². The van der Waals surface area contributed by atoms with E-state index in [4.69, 9.17) is 0 Å². The van der Waals surface area contributed by atoms with Gasteiger partial charge in [0.25, 0.3) is 5.91 Å². The van der Waals surface area contributed by atoms with Gasteiger partial charge in [0.15, 0.2) is 5.78 Å². The Balaban J connectivity index is 1.82. The van der Waals surface area contributed by atoms with Crippen LogP contribution in [0.15, 0.2) is 71.2 Å². The van der Waals surface area contributed by atoms with Crippen LogP contribution in [0, 0.1) is 0 Å². The molecule has 3 aromatic carbocycles. The Morgan fingerprint density at radius 3 is 2.42 bits per heavy atom. The third-order valence-corrected chi connectivity index (χ3v) is 5.14. The van der Waals surface area contributed by atoms with Crippen LogP contribution in [0.4, 0.5) is 0 Å². The lowest BCUT2D eigenvalue weighted by atomic mass is 9.87. The third kappa shape index (κ3) is 2.04. The van der Waals surface area contributed by atoms with E-state index in [0.717, 1.165) is 15.4 Å². The number of hydrogen-bond donors (Lipinski definition) is 0. The van der Waals surface area contributed by atoms with Crippen molar-refractivity contribution in [1.82, 2.24) is 9.78 Å². The van der Waals surface area contributed by atoms with E-state index in [0.29, 0.717) is 27.9 Å². The summed E-state index contributed by atoms with van der Waals surface area (Å²) in [5.74, 6) is -0.264. The monoisotopic (exact) mass is 402 g/mol. The molecule has 1 aromatic heterocycles. The summed E-state index contributed by atoms with van der Waals surface area (Å²) in [5, 5.41) is 5.34. The van der Waals surface area contributed by atoms with Crippen molar-refractivity contribution in [3.63, 3.8) is 0 Å². The number of ketones is 1. The molecule has 0 amide bonds. The van der Waals surface area contributed by atoms with Crippen LogP contribution in [0.5, 0.6) is 0 Å². The molecule has 0 spiro atoms. The maximum atomic E-state index is 13.1. The van der Waals surface area contributed by atoms with Gasteiger partial charge in [-0.3, -0.25) is 9.59 Å². The zero-order valence-corrected chi connectivity index (χ0v) is 15.0. The lowest BCUT2D eigenvalue weighted by Gasteiger charge is -2.13. The van der Waals surface area contributed by atoms with Crippen molar-refractivity contribution >= 4 is 38.5 Å². The average Bonchev–Trinajstić information content (AvgIpc) is 3.06. The summed E-state index contributed by atoms with van der Waals surface area (Å²) in [6, 6.07) is 20.0. The highest BCUT2D eigenvalue weighted by atomic mass is 79.9. The van der Waals surface area contributed by atoms with E-state index in [1.54, 1.807) is 30.3 Å². The van der Waals surface area contributed by atoms with Crippen LogP contribution < -0.4 is 0 Å². The number of nitrogens with zero attached hydrogens (tertiary/aromatic N) is 2. The van der Waals surface area contributed by atoms with Gasteiger partial charge in [-0.15, -0.1) is 0 Å². The first-order valence-corrected chi connectivity index (χ1v) is 8.90. The molecule has 0 bridgehead atoms. The number of carbonyl (C=O) groups is 2. The third-order valence-electron chi connectivity index (χ3n) is 4.64. The molecule has 26 heavy (non-hydrogen) atoms. The van der Waals surface area contributed by atoms with E-state index < -0.39 is 0 Å². The Hall–Kier alpha value is -3.05. The molecule has 1 heterocycles. The summed E-state index contributed by atoms with van der Waals surface area (Å²) in [6.45, 7) is 0. The molecule has 0 fully saturated rings. The Bertz CT molecular complexity index is 1240. The van der Waals surface area contributed by atoms with Gasteiger partial charge in [-0.1, -0.05) is 58.4 Å². The minimum atomic E-state index is -0.230. The number of fused-ring (bicyclic) bond motifs is 2. The first kappa shape index (κ1) is 15.2. The van der Waals surface area contributed by atoms with Gasteiger partial charge in [0, 0.05) is 32.1 Å². The second-order valence-corrected chi connectivity index (χ2v) is 7.07. The number of benzene rings is 3. The summed E-state index contributed by atoms with van der Waals surface area (Å²) in [6.07, 6.45) is 0. The average molecular weight is 403 g/mol. The molecule has 124 valence electrons. The molecular formula is C21H11BrN2O2. The summed E-state index contributed by atoms with van der Waals surface area (Å²) >= 11 is 3.40. The molecule has 5 rings (SSSR count). The van der Waals surface area contributed by atoms with Crippen molar-refractivity contribution in [2.75, 3.05) is 0 Å². The van der Waals surface area contributed by atoms with E-state index in [2.05, 4.69) is 21.0 Å². The molecule has 0 saturated carbocycles. The van der Waals surface area contributed by atoms with Gasteiger partial charge in [-0.05, 0) is 24.3 Å². The molecular weight excluding hydrogens is 392 g/mol. The lowest BCUT2D eigenvalue weighted by Crippen LogP contribution is -2.13. The topological polar surface area (TPSA) is 52.0 Å². The van der Waals surface area contributed by atoms with Crippen LogP contribution in [-0.4, -0.2) is 21.5 Å². The van der Waals surface area contributed by atoms with Crippen LogP contribution in [0.25, 0.3) is 22.2 Å². The van der Waals surface area contributed by atoms with E-state index >= 15 is 0 Å². The number of carbonyl (C=O) groups excluding carboxylic acids is 2. The molecule has 4 nitrogen and oxygen atoms in total. The predicted octanol–water partition coefficient (Wildman–Crippen LogP) is 4.70. The van der Waals surface area contributed by atoms with Crippen LogP contribution in [-0.2, 0) is 0 Å². The van der Waals surface area contributed by atoms with E-state index in [1.807, 2.05) is 36.4 Å². The Labute approximate surface area is 157 Å². The first-order chi connectivity index (χ1) is 12.6. The molecule has 5 heteroatoms. The van der Waals surface area contributed by atoms with Crippen molar-refractivity contribution in [3.05, 3.63) is 87.9 Å². The molecule has 0 unspecified atom stereocenters. The first-order valence-electron chi connectivity index (χ1n) is 8.11. The van der Waals surface area contributed by atoms with Crippen LogP contribution >= 0.6 is 15.9 Å². The van der Waals surface area contributed by atoms with Gasteiger partial charge in [0.05, 0.1) is 5.52 Å². The smallest absolute Gasteiger partial charge is 0.278 e. The van der Waals surface area contributed by atoms with Gasteiger partial charge >= 0.3 is 0 Å².